The minimum atomic E-state index is -4.03. The standard InChI is InChI=1S/C30H34ClFN4O5S2/c1-22-6-10-25(21-28(22)42(38,39)35-14-4-2-3-5-15-35)33-30(37)23-7-13-27(31)29(20-23)43(40,41)36-18-16-34(17-19-36)26-11-8-24(32)9-12-26/h6-13,20-21H,2-5,14-19H2,1H3,(H,33,37). The number of hydrogen-bond acceptors (Lipinski definition) is 6. The number of sulfonamides is 2. The third-order valence-corrected chi connectivity index (χ3v) is 12.3. The number of anilines is 2. The molecular weight excluding hydrogens is 615 g/mol. The molecule has 0 aliphatic carbocycles. The molecule has 0 bridgehead atoms. The molecule has 9 nitrogen and oxygen atoms in total. The molecule has 2 fully saturated rings. The molecule has 1 amide bonds. The number of piperazine rings is 1. The summed E-state index contributed by atoms with van der Waals surface area (Å²) in [6.07, 6.45) is 3.60. The van der Waals surface area contributed by atoms with Crippen LogP contribution in [0.4, 0.5) is 15.8 Å². The molecule has 13 heteroatoms. The Hall–Kier alpha value is -3.03. The first-order chi connectivity index (χ1) is 20.5. The lowest BCUT2D eigenvalue weighted by Gasteiger charge is -2.35. The minimum absolute atomic E-state index is 0.0151. The number of carbonyl (C=O) groups excluding carboxylic acids is 1. The van der Waals surface area contributed by atoms with Crippen LogP contribution < -0.4 is 10.2 Å². The average molecular weight is 649 g/mol. The molecular formula is C30H34ClFN4O5S2. The molecule has 0 spiro atoms. The predicted molar refractivity (Wildman–Crippen MR) is 165 cm³/mol. The molecule has 0 aromatic heterocycles. The van der Waals surface area contributed by atoms with Crippen LogP contribution >= 0.6 is 11.6 Å². The second-order valence-electron chi connectivity index (χ2n) is 10.8. The molecule has 1 N–H and O–H groups in total. The minimum Gasteiger partial charge on any atom is -0.369 e. The number of nitrogens with one attached hydrogen (secondary N) is 1. The molecule has 230 valence electrons. The van der Waals surface area contributed by atoms with Gasteiger partial charge in [-0.05, 0) is 79.9 Å². The van der Waals surface area contributed by atoms with Crippen LogP contribution in [-0.4, -0.2) is 70.6 Å². The van der Waals surface area contributed by atoms with E-state index in [1.165, 1.54) is 45.0 Å². The Morgan fingerprint density at radius 2 is 1.35 bits per heavy atom. The van der Waals surface area contributed by atoms with Crippen LogP contribution in [0.2, 0.25) is 5.02 Å². The van der Waals surface area contributed by atoms with Crippen LogP contribution in [0.5, 0.6) is 0 Å². The van der Waals surface area contributed by atoms with Gasteiger partial charge in [-0.3, -0.25) is 4.79 Å². The topological polar surface area (TPSA) is 107 Å². The maximum Gasteiger partial charge on any atom is 0.255 e. The van der Waals surface area contributed by atoms with Gasteiger partial charge in [0.05, 0.1) is 9.92 Å². The Morgan fingerprint density at radius 1 is 0.744 bits per heavy atom. The molecule has 0 saturated carbocycles. The van der Waals surface area contributed by atoms with Crippen molar-refractivity contribution in [3.63, 3.8) is 0 Å². The highest BCUT2D eigenvalue weighted by Crippen LogP contribution is 2.29. The number of aryl methyl sites for hydroxylation is 1. The Balaban J connectivity index is 1.32. The van der Waals surface area contributed by atoms with E-state index >= 15 is 0 Å². The number of benzene rings is 3. The van der Waals surface area contributed by atoms with Gasteiger partial charge in [0, 0.05) is 56.2 Å². The largest absolute Gasteiger partial charge is 0.369 e. The Bertz CT molecular complexity index is 1700. The zero-order chi connectivity index (χ0) is 30.8. The molecule has 43 heavy (non-hydrogen) atoms. The molecule has 2 heterocycles. The lowest BCUT2D eigenvalue weighted by Crippen LogP contribution is -2.48. The summed E-state index contributed by atoms with van der Waals surface area (Å²) in [6.45, 7) is 3.81. The monoisotopic (exact) mass is 648 g/mol. The van der Waals surface area contributed by atoms with Gasteiger partial charge in [0.25, 0.3) is 5.91 Å². The van der Waals surface area contributed by atoms with Crippen molar-refractivity contribution in [1.82, 2.24) is 8.61 Å². The van der Waals surface area contributed by atoms with Gasteiger partial charge < -0.3 is 10.2 Å². The highest BCUT2D eigenvalue weighted by molar-refractivity contribution is 7.89. The molecule has 3 aromatic rings. The van der Waals surface area contributed by atoms with E-state index in [0.717, 1.165) is 31.4 Å². The number of nitrogens with zero attached hydrogens (tertiary/aromatic N) is 3. The summed E-state index contributed by atoms with van der Waals surface area (Å²) in [7, 11) is -7.78. The van der Waals surface area contributed by atoms with Gasteiger partial charge in [0.2, 0.25) is 20.0 Å². The van der Waals surface area contributed by atoms with Gasteiger partial charge >= 0.3 is 0 Å². The van der Waals surface area contributed by atoms with Crippen LogP contribution in [0.1, 0.15) is 41.6 Å². The van der Waals surface area contributed by atoms with E-state index in [4.69, 9.17) is 11.6 Å². The van der Waals surface area contributed by atoms with Crippen molar-refractivity contribution < 1.29 is 26.0 Å². The van der Waals surface area contributed by atoms with Crippen molar-refractivity contribution in [3.8, 4) is 0 Å². The summed E-state index contributed by atoms with van der Waals surface area (Å²) >= 11 is 6.32. The number of carbonyl (C=O) groups is 1. The van der Waals surface area contributed by atoms with E-state index in [0.29, 0.717) is 31.7 Å². The second-order valence-corrected chi connectivity index (χ2v) is 15.0. The number of halogens is 2. The van der Waals surface area contributed by atoms with Crippen molar-refractivity contribution >= 4 is 48.9 Å². The fourth-order valence-corrected chi connectivity index (χ4v) is 9.09. The Kier molecular flexibility index (Phi) is 9.43. The van der Waals surface area contributed by atoms with E-state index in [1.807, 2.05) is 4.90 Å². The highest BCUT2D eigenvalue weighted by atomic mass is 35.5. The fourth-order valence-electron chi connectivity index (χ4n) is 5.40. The van der Waals surface area contributed by atoms with E-state index < -0.39 is 26.0 Å². The van der Waals surface area contributed by atoms with Crippen molar-refractivity contribution in [2.75, 3.05) is 49.5 Å². The van der Waals surface area contributed by atoms with Crippen LogP contribution in [-0.2, 0) is 20.0 Å². The maximum absolute atomic E-state index is 13.6. The number of rotatable bonds is 7. The van der Waals surface area contributed by atoms with Gasteiger partial charge in [-0.1, -0.05) is 30.5 Å². The number of amides is 1. The SMILES string of the molecule is Cc1ccc(NC(=O)c2ccc(Cl)c(S(=O)(=O)N3CCN(c4ccc(F)cc4)CC3)c2)cc1S(=O)(=O)N1CCCCCC1. The van der Waals surface area contributed by atoms with Gasteiger partial charge in [-0.2, -0.15) is 8.61 Å². The van der Waals surface area contributed by atoms with Gasteiger partial charge in [-0.15, -0.1) is 0 Å². The summed E-state index contributed by atoms with van der Waals surface area (Å²) in [4.78, 5) is 15.2. The summed E-state index contributed by atoms with van der Waals surface area (Å²) in [6, 6.07) is 14.8. The highest BCUT2D eigenvalue weighted by Gasteiger charge is 2.31. The molecule has 3 aromatic carbocycles. The third-order valence-electron chi connectivity index (χ3n) is 7.87. The Labute approximate surface area is 257 Å². The van der Waals surface area contributed by atoms with Gasteiger partial charge in [-0.25, -0.2) is 21.2 Å². The first-order valence-electron chi connectivity index (χ1n) is 14.2. The second kappa shape index (κ2) is 12.9. The van der Waals surface area contributed by atoms with Crippen molar-refractivity contribution in [2.24, 2.45) is 0 Å². The van der Waals surface area contributed by atoms with Crippen LogP contribution in [0.15, 0.2) is 70.5 Å². The molecule has 2 aliphatic heterocycles. The summed E-state index contributed by atoms with van der Waals surface area (Å²) in [5, 5.41) is 2.70. The van der Waals surface area contributed by atoms with Crippen LogP contribution in [0.25, 0.3) is 0 Å². The van der Waals surface area contributed by atoms with Crippen molar-refractivity contribution in [2.45, 2.75) is 42.4 Å². The van der Waals surface area contributed by atoms with Gasteiger partial charge in [0.1, 0.15) is 10.7 Å². The molecule has 0 radical (unpaired) electrons. The van der Waals surface area contributed by atoms with Crippen molar-refractivity contribution in [1.29, 1.82) is 0 Å². The van der Waals surface area contributed by atoms with Gasteiger partial charge in [0.15, 0.2) is 0 Å². The zero-order valence-electron chi connectivity index (χ0n) is 23.8. The zero-order valence-corrected chi connectivity index (χ0v) is 26.2. The molecule has 0 unspecified atom stereocenters. The third kappa shape index (κ3) is 6.88. The predicted octanol–water partition coefficient (Wildman–Crippen LogP) is 5.12. The quantitative estimate of drug-likeness (QED) is 0.381. The van der Waals surface area contributed by atoms with E-state index in [9.17, 15) is 26.0 Å². The first-order valence-corrected chi connectivity index (χ1v) is 17.4. The fraction of sp³-hybridized carbons (Fsp3) is 0.367. The molecule has 0 atom stereocenters. The van der Waals surface area contributed by atoms with Crippen molar-refractivity contribution in [3.05, 3.63) is 82.6 Å². The van der Waals surface area contributed by atoms with E-state index in [1.54, 1.807) is 31.2 Å². The number of hydrogen-bond donors (Lipinski definition) is 1. The maximum atomic E-state index is 13.6. The van der Waals surface area contributed by atoms with E-state index in [-0.39, 0.29) is 45.0 Å². The first kappa shape index (κ1) is 31.4. The summed E-state index contributed by atoms with van der Waals surface area (Å²) in [5.74, 6) is -0.944. The lowest BCUT2D eigenvalue weighted by atomic mass is 10.2. The summed E-state index contributed by atoms with van der Waals surface area (Å²) in [5.41, 5.74) is 1.71. The molecule has 2 aliphatic rings. The Morgan fingerprint density at radius 3 is 2.00 bits per heavy atom. The van der Waals surface area contributed by atoms with E-state index in [2.05, 4.69) is 5.32 Å². The molecule has 5 rings (SSSR count). The summed E-state index contributed by atoms with van der Waals surface area (Å²) < 4.78 is 70.1. The van der Waals surface area contributed by atoms with Crippen LogP contribution in [0.3, 0.4) is 0 Å². The lowest BCUT2D eigenvalue weighted by molar-refractivity contribution is 0.102. The molecule has 2 saturated heterocycles. The normalized spacial score (nSPS) is 17.4. The average Bonchev–Trinajstić information content (AvgIpc) is 3.29. The smallest absolute Gasteiger partial charge is 0.255 e. The van der Waals surface area contributed by atoms with Crippen LogP contribution in [0, 0.1) is 12.7 Å².